The molecule has 5 heteroatoms. The summed E-state index contributed by atoms with van der Waals surface area (Å²) in [4.78, 5) is 23.1. The molecule has 2 fully saturated rings. The van der Waals surface area contributed by atoms with Crippen molar-refractivity contribution in [2.45, 2.75) is 25.4 Å². The van der Waals surface area contributed by atoms with Crippen LogP contribution in [0.1, 0.15) is 19.3 Å². The summed E-state index contributed by atoms with van der Waals surface area (Å²) < 4.78 is 9.92. The maximum atomic E-state index is 11.7. The maximum Gasteiger partial charge on any atom is 0.323 e. The number of esters is 1. The second kappa shape index (κ2) is 3.73. The molecule has 0 aromatic carbocycles. The average molecular weight is 228 g/mol. The Bertz CT molecular complexity index is 326. The molecule has 0 saturated heterocycles. The van der Waals surface area contributed by atoms with Gasteiger partial charge in [0, 0.05) is 13.0 Å². The van der Waals surface area contributed by atoms with Gasteiger partial charge in [-0.3, -0.25) is 9.59 Å². The lowest BCUT2D eigenvalue weighted by molar-refractivity contribution is -0.161. The third kappa shape index (κ3) is 1.21. The molecule has 1 N–H and O–H groups in total. The highest BCUT2D eigenvalue weighted by Gasteiger charge is 2.78. The summed E-state index contributed by atoms with van der Waals surface area (Å²) in [5.41, 5.74) is -1.34. The predicted molar refractivity (Wildman–Crippen MR) is 53.7 cm³/mol. The van der Waals surface area contributed by atoms with E-state index in [2.05, 4.69) is 4.74 Å². The number of fused-ring (bicyclic) bond motifs is 1. The largest absolute Gasteiger partial charge is 0.480 e. The van der Waals surface area contributed by atoms with Crippen molar-refractivity contribution in [2.24, 2.45) is 17.3 Å². The summed E-state index contributed by atoms with van der Waals surface area (Å²) in [6.45, 7) is 0. The van der Waals surface area contributed by atoms with Crippen LogP contribution in [0.3, 0.4) is 0 Å². The van der Waals surface area contributed by atoms with Crippen LogP contribution < -0.4 is 0 Å². The van der Waals surface area contributed by atoms with Gasteiger partial charge in [-0.15, -0.1) is 0 Å². The highest BCUT2D eigenvalue weighted by Crippen LogP contribution is 2.66. The number of methoxy groups -OCH3 is 2. The Balaban J connectivity index is 2.30. The van der Waals surface area contributed by atoms with E-state index in [9.17, 15) is 14.7 Å². The van der Waals surface area contributed by atoms with E-state index in [4.69, 9.17) is 4.74 Å². The zero-order valence-corrected chi connectivity index (χ0v) is 9.43. The monoisotopic (exact) mass is 228 g/mol. The molecule has 4 atom stereocenters. The van der Waals surface area contributed by atoms with Crippen LogP contribution in [0.2, 0.25) is 0 Å². The van der Waals surface area contributed by atoms with E-state index in [-0.39, 0.29) is 17.9 Å². The van der Waals surface area contributed by atoms with Gasteiger partial charge >= 0.3 is 11.9 Å². The Morgan fingerprint density at radius 2 is 2.00 bits per heavy atom. The molecule has 90 valence electrons. The van der Waals surface area contributed by atoms with Crippen LogP contribution in [0.5, 0.6) is 0 Å². The zero-order chi connectivity index (χ0) is 11.9. The Kier molecular flexibility index (Phi) is 2.66. The first-order chi connectivity index (χ1) is 7.60. The van der Waals surface area contributed by atoms with Gasteiger partial charge in [0.2, 0.25) is 0 Å². The minimum absolute atomic E-state index is 0.115. The number of carboxylic acids is 1. The lowest BCUT2D eigenvalue weighted by Crippen LogP contribution is -2.32. The van der Waals surface area contributed by atoms with Crippen molar-refractivity contribution in [3.8, 4) is 0 Å². The number of carbonyl (C=O) groups is 2. The fraction of sp³-hybridized carbons (Fsp3) is 0.818. The number of aliphatic carboxylic acids is 1. The van der Waals surface area contributed by atoms with Crippen molar-refractivity contribution < 1.29 is 24.2 Å². The van der Waals surface area contributed by atoms with Gasteiger partial charge < -0.3 is 14.6 Å². The van der Waals surface area contributed by atoms with Gasteiger partial charge in [-0.05, 0) is 18.8 Å². The van der Waals surface area contributed by atoms with E-state index >= 15 is 0 Å². The van der Waals surface area contributed by atoms with Gasteiger partial charge in [0.1, 0.15) is 0 Å². The van der Waals surface area contributed by atoms with Crippen LogP contribution in [0, 0.1) is 17.3 Å². The summed E-state index contributed by atoms with van der Waals surface area (Å²) in [5, 5.41) is 9.29. The van der Waals surface area contributed by atoms with Gasteiger partial charge in [-0.25, -0.2) is 0 Å². The Hall–Kier alpha value is -1.10. The van der Waals surface area contributed by atoms with E-state index in [0.29, 0.717) is 0 Å². The van der Waals surface area contributed by atoms with Crippen LogP contribution in [-0.2, 0) is 19.1 Å². The van der Waals surface area contributed by atoms with Crippen LogP contribution in [0.25, 0.3) is 0 Å². The lowest BCUT2D eigenvalue weighted by Gasteiger charge is -2.19. The molecule has 16 heavy (non-hydrogen) atoms. The molecule has 0 bridgehead atoms. The third-order valence-corrected chi connectivity index (χ3v) is 4.02. The highest BCUT2D eigenvalue weighted by molar-refractivity contribution is 6.04. The first-order valence-electron chi connectivity index (χ1n) is 5.45. The van der Waals surface area contributed by atoms with Crippen LogP contribution in [0.15, 0.2) is 0 Å². The highest BCUT2D eigenvalue weighted by atomic mass is 16.5. The fourth-order valence-corrected chi connectivity index (χ4v) is 3.28. The Morgan fingerprint density at radius 1 is 1.31 bits per heavy atom. The second-order valence-electron chi connectivity index (χ2n) is 4.50. The minimum Gasteiger partial charge on any atom is -0.480 e. The van der Waals surface area contributed by atoms with Crippen molar-refractivity contribution in [3.63, 3.8) is 0 Å². The molecule has 2 saturated carbocycles. The Labute approximate surface area is 93.7 Å². The molecule has 2 aliphatic rings. The number of ether oxygens (including phenoxy) is 2. The predicted octanol–water partition coefficient (Wildman–Crippen LogP) is 0.675. The standard InChI is InChI=1S/C11H16O5/c1-15-7-5-3-4-6-8(7)11(6,9(12)13)10(14)16-2/h6-8H,3-5H2,1-2H3,(H,12,13). The van der Waals surface area contributed by atoms with Crippen molar-refractivity contribution in [1.29, 1.82) is 0 Å². The molecule has 0 aromatic heterocycles. The smallest absolute Gasteiger partial charge is 0.323 e. The average Bonchev–Trinajstić information content (AvgIpc) is 2.98. The maximum absolute atomic E-state index is 11.7. The first-order valence-corrected chi connectivity index (χ1v) is 5.45. The molecule has 0 radical (unpaired) electrons. The summed E-state index contributed by atoms with van der Waals surface area (Å²) in [6.07, 6.45) is 2.37. The van der Waals surface area contributed by atoms with Crippen molar-refractivity contribution in [2.75, 3.05) is 14.2 Å². The minimum atomic E-state index is -1.34. The fourth-order valence-electron chi connectivity index (χ4n) is 3.28. The number of hydrogen-bond acceptors (Lipinski definition) is 4. The number of carbonyl (C=O) groups excluding carboxylic acids is 1. The second-order valence-corrected chi connectivity index (χ2v) is 4.50. The number of rotatable bonds is 3. The van der Waals surface area contributed by atoms with Gasteiger partial charge in [0.15, 0.2) is 5.41 Å². The lowest BCUT2D eigenvalue weighted by atomic mass is 9.97. The van der Waals surface area contributed by atoms with Crippen molar-refractivity contribution >= 4 is 11.9 Å². The molecule has 5 nitrogen and oxygen atoms in total. The summed E-state index contributed by atoms with van der Waals surface area (Å²) >= 11 is 0. The van der Waals surface area contributed by atoms with Crippen LogP contribution in [-0.4, -0.2) is 37.4 Å². The van der Waals surface area contributed by atoms with E-state index in [0.717, 1.165) is 19.3 Å². The SMILES string of the molecule is COC(=O)C1(C(=O)O)C2CCCC(OC)C21. The molecule has 2 aliphatic carbocycles. The van der Waals surface area contributed by atoms with Crippen LogP contribution in [0.4, 0.5) is 0 Å². The molecule has 0 aromatic rings. The quantitative estimate of drug-likeness (QED) is 0.568. The number of carboxylic acid groups (broad SMARTS) is 1. The van der Waals surface area contributed by atoms with Gasteiger partial charge in [-0.2, -0.15) is 0 Å². The van der Waals surface area contributed by atoms with Gasteiger partial charge in [0.25, 0.3) is 0 Å². The molecule has 0 amide bonds. The summed E-state index contributed by atoms with van der Waals surface area (Å²) in [6, 6.07) is 0. The van der Waals surface area contributed by atoms with Crippen molar-refractivity contribution in [1.82, 2.24) is 0 Å². The topological polar surface area (TPSA) is 72.8 Å². The molecular formula is C11H16O5. The Morgan fingerprint density at radius 3 is 2.50 bits per heavy atom. The van der Waals surface area contributed by atoms with E-state index in [1.54, 1.807) is 7.11 Å². The number of hydrogen-bond donors (Lipinski definition) is 1. The van der Waals surface area contributed by atoms with E-state index < -0.39 is 17.4 Å². The summed E-state index contributed by atoms with van der Waals surface area (Å²) in [7, 11) is 2.80. The molecular weight excluding hydrogens is 212 g/mol. The molecule has 0 spiro atoms. The zero-order valence-electron chi connectivity index (χ0n) is 9.43. The molecule has 0 aliphatic heterocycles. The van der Waals surface area contributed by atoms with Gasteiger partial charge in [0.05, 0.1) is 13.2 Å². The molecule has 4 unspecified atom stereocenters. The van der Waals surface area contributed by atoms with Crippen molar-refractivity contribution in [3.05, 3.63) is 0 Å². The molecule has 2 rings (SSSR count). The van der Waals surface area contributed by atoms with E-state index in [1.807, 2.05) is 0 Å². The third-order valence-electron chi connectivity index (χ3n) is 4.02. The van der Waals surface area contributed by atoms with Gasteiger partial charge in [-0.1, -0.05) is 6.42 Å². The normalized spacial score (nSPS) is 41.0. The summed E-state index contributed by atoms with van der Waals surface area (Å²) in [5.74, 6) is -2.02. The van der Waals surface area contributed by atoms with E-state index in [1.165, 1.54) is 7.11 Å². The first kappa shape index (κ1) is 11.4. The van der Waals surface area contributed by atoms with Crippen LogP contribution >= 0.6 is 0 Å². The molecule has 0 heterocycles.